The molecule has 1 aromatic rings. The highest BCUT2D eigenvalue weighted by Crippen LogP contribution is 2.28. The Hall–Kier alpha value is -0.380. The summed E-state index contributed by atoms with van der Waals surface area (Å²) in [4.78, 5) is 0. The monoisotopic (exact) mass is 287 g/mol. The van der Waals surface area contributed by atoms with E-state index in [1.165, 1.54) is 0 Å². The number of ether oxygens (including phenoxy) is 1. The number of rotatable bonds is 8. The number of halogens is 1. The molecule has 1 aromatic carbocycles. The fourth-order valence-electron chi connectivity index (χ4n) is 1.76. The second-order valence-electron chi connectivity index (χ2n) is 4.01. The van der Waals surface area contributed by atoms with Gasteiger partial charge in [0.25, 0.3) is 0 Å². The molecule has 0 amide bonds. The van der Waals surface area contributed by atoms with Crippen LogP contribution in [0.15, 0.2) is 18.2 Å². The predicted molar refractivity (Wildman–Crippen MR) is 82.0 cm³/mol. The average Bonchev–Trinajstić information content (AvgIpc) is 2.36. The Morgan fingerprint density at radius 1 is 1.39 bits per heavy atom. The molecule has 0 aliphatic carbocycles. The van der Waals surface area contributed by atoms with Crippen LogP contribution in [0.25, 0.3) is 0 Å². The Morgan fingerprint density at radius 2 is 2.17 bits per heavy atom. The minimum absolute atomic E-state index is 0.252. The van der Waals surface area contributed by atoms with Crippen LogP contribution in [-0.2, 0) is 0 Å². The van der Waals surface area contributed by atoms with Gasteiger partial charge in [-0.1, -0.05) is 25.4 Å². The molecule has 0 spiro atoms. The molecule has 1 unspecified atom stereocenters. The highest BCUT2D eigenvalue weighted by Gasteiger charge is 2.11. The molecule has 0 heterocycles. The highest BCUT2D eigenvalue weighted by molar-refractivity contribution is 7.99. The third-order valence-electron chi connectivity index (χ3n) is 2.64. The maximum absolute atomic E-state index is 6.06. The summed E-state index contributed by atoms with van der Waals surface area (Å²) in [7, 11) is 0. The van der Waals surface area contributed by atoms with Crippen molar-refractivity contribution in [2.45, 2.75) is 26.8 Å². The molecule has 0 bridgehead atoms. The normalized spacial score (nSPS) is 12.4. The van der Waals surface area contributed by atoms with Gasteiger partial charge in [-0.05, 0) is 37.4 Å². The van der Waals surface area contributed by atoms with E-state index < -0.39 is 0 Å². The van der Waals surface area contributed by atoms with Crippen molar-refractivity contribution in [2.24, 2.45) is 0 Å². The smallest absolute Gasteiger partial charge is 0.124 e. The maximum Gasteiger partial charge on any atom is 0.124 e. The fraction of sp³-hybridized carbons (Fsp3) is 0.571. The lowest BCUT2D eigenvalue weighted by Crippen LogP contribution is -2.18. The Kier molecular flexibility index (Phi) is 7.56. The van der Waals surface area contributed by atoms with Crippen molar-refractivity contribution in [3.63, 3.8) is 0 Å². The van der Waals surface area contributed by atoms with Crippen molar-refractivity contribution < 1.29 is 4.74 Å². The van der Waals surface area contributed by atoms with Crippen molar-refractivity contribution in [1.82, 2.24) is 5.32 Å². The molecule has 102 valence electrons. The van der Waals surface area contributed by atoms with Crippen LogP contribution in [0.1, 0.15) is 32.4 Å². The Bertz CT molecular complexity index is 360. The van der Waals surface area contributed by atoms with Gasteiger partial charge in [0.15, 0.2) is 0 Å². The number of nitrogens with one attached hydrogen (secondary N) is 1. The molecule has 1 N–H and O–H groups in total. The first-order valence-electron chi connectivity index (χ1n) is 6.42. The summed E-state index contributed by atoms with van der Waals surface area (Å²) in [5.74, 6) is 3.09. The second kappa shape index (κ2) is 8.68. The molecule has 0 aromatic heterocycles. The Balaban J connectivity index is 2.70. The van der Waals surface area contributed by atoms with Gasteiger partial charge < -0.3 is 10.1 Å². The predicted octanol–water partition coefficient (Wildman–Crippen LogP) is 4.14. The first kappa shape index (κ1) is 15.7. The van der Waals surface area contributed by atoms with Crippen LogP contribution in [0.4, 0.5) is 0 Å². The molecule has 2 nitrogen and oxygen atoms in total. The van der Waals surface area contributed by atoms with Crippen LogP contribution in [0.3, 0.4) is 0 Å². The Morgan fingerprint density at radius 3 is 2.83 bits per heavy atom. The van der Waals surface area contributed by atoms with Crippen LogP contribution in [0, 0.1) is 0 Å². The molecule has 18 heavy (non-hydrogen) atoms. The largest absolute Gasteiger partial charge is 0.492 e. The van der Waals surface area contributed by atoms with E-state index in [0.717, 1.165) is 41.0 Å². The van der Waals surface area contributed by atoms with Gasteiger partial charge in [0.2, 0.25) is 0 Å². The van der Waals surface area contributed by atoms with E-state index in [2.05, 4.69) is 26.1 Å². The zero-order valence-corrected chi connectivity index (χ0v) is 12.9. The van der Waals surface area contributed by atoms with Gasteiger partial charge in [-0.3, -0.25) is 0 Å². The standard InChI is InChI=1S/C14H22ClNOS/c1-4-16-11(3)13-10-12(15)6-7-14(13)17-8-9-18-5-2/h6-7,10-11,16H,4-5,8-9H2,1-3H3. The lowest BCUT2D eigenvalue weighted by Gasteiger charge is -2.18. The summed E-state index contributed by atoms with van der Waals surface area (Å²) in [5.41, 5.74) is 1.13. The van der Waals surface area contributed by atoms with E-state index >= 15 is 0 Å². The zero-order chi connectivity index (χ0) is 13.4. The van der Waals surface area contributed by atoms with Crippen LogP contribution < -0.4 is 10.1 Å². The average molecular weight is 288 g/mol. The van der Waals surface area contributed by atoms with Crippen molar-refractivity contribution in [3.8, 4) is 5.75 Å². The maximum atomic E-state index is 6.06. The minimum Gasteiger partial charge on any atom is -0.492 e. The number of thioether (sulfide) groups is 1. The molecule has 0 aliphatic rings. The molecule has 0 radical (unpaired) electrons. The van der Waals surface area contributed by atoms with E-state index in [4.69, 9.17) is 16.3 Å². The molecule has 1 atom stereocenters. The first-order valence-corrected chi connectivity index (χ1v) is 7.95. The van der Waals surface area contributed by atoms with Crippen LogP contribution in [0.2, 0.25) is 5.02 Å². The summed E-state index contributed by atoms with van der Waals surface area (Å²) in [5, 5.41) is 4.14. The number of hydrogen-bond acceptors (Lipinski definition) is 3. The van der Waals surface area contributed by atoms with Crippen molar-refractivity contribution >= 4 is 23.4 Å². The SMILES string of the molecule is CCNC(C)c1cc(Cl)ccc1OCCSCC. The second-order valence-corrected chi connectivity index (χ2v) is 5.84. The third-order valence-corrected chi connectivity index (χ3v) is 3.74. The number of hydrogen-bond donors (Lipinski definition) is 1. The van der Waals surface area contributed by atoms with Crippen LogP contribution in [-0.4, -0.2) is 24.7 Å². The molecule has 0 aliphatic heterocycles. The zero-order valence-electron chi connectivity index (χ0n) is 11.3. The van der Waals surface area contributed by atoms with Crippen molar-refractivity contribution in [2.75, 3.05) is 24.7 Å². The topological polar surface area (TPSA) is 21.3 Å². The lowest BCUT2D eigenvalue weighted by atomic mass is 10.1. The third kappa shape index (κ3) is 5.09. The summed E-state index contributed by atoms with van der Waals surface area (Å²) in [6.45, 7) is 8.05. The minimum atomic E-state index is 0.252. The first-order chi connectivity index (χ1) is 8.69. The quantitative estimate of drug-likeness (QED) is 0.726. The number of benzene rings is 1. The highest BCUT2D eigenvalue weighted by atomic mass is 35.5. The van der Waals surface area contributed by atoms with Crippen molar-refractivity contribution in [3.05, 3.63) is 28.8 Å². The van der Waals surface area contributed by atoms with Gasteiger partial charge in [-0.25, -0.2) is 0 Å². The van der Waals surface area contributed by atoms with Crippen LogP contribution >= 0.6 is 23.4 Å². The molecular weight excluding hydrogens is 266 g/mol. The molecule has 0 fully saturated rings. The molecule has 0 saturated heterocycles. The van der Waals surface area contributed by atoms with Gasteiger partial charge in [-0.2, -0.15) is 11.8 Å². The summed E-state index contributed by atoms with van der Waals surface area (Å²) in [6.07, 6.45) is 0. The summed E-state index contributed by atoms with van der Waals surface area (Å²) < 4.78 is 5.84. The van der Waals surface area contributed by atoms with Gasteiger partial charge in [0.05, 0.1) is 6.61 Å². The van der Waals surface area contributed by atoms with Gasteiger partial charge in [-0.15, -0.1) is 0 Å². The van der Waals surface area contributed by atoms with Crippen molar-refractivity contribution in [1.29, 1.82) is 0 Å². The van der Waals surface area contributed by atoms with Gasteiger partial charge >= 0.3 is 0 Å². The fourth-order valence-corrected chi connectivity index (χ4v) is 2.43. The van der Waals surface area contributed by atoms with E-state index in [1.807, 2.05) is 30.0 Å². The summed E-state index contributed by atoms with van der Waals surface area (Å²) in [6, 6.07) is 6.08. The van der Waals surface area contributed by atoms with Gasteiger partial charge in [0, 0.05) is 22.4 Å². The van der Waals surface area contributed by atoms with E-state index in [9.17, 15) is 0 Å². The molecule has 1 rings (SSSR count). The van der Waals surface area contributed by atoms with Crippen LogP contribution in [0.5, 0.6) is 5.75 Å². The van der Waals surface area contributed by atoms with E-state index in [0.29, 0.717) is 0 Å². The Labute approximate surface area is 119 Å². The van der Waals surface area contributed by atoms with E-state index in [-0.39, 0.29) is 6.04 Å². The molecule has 0 saturated carbocycles. The lowest BCUT2D eigenvalue weighted by molar-refractivity contribution is 0.336. The van der Waals surface area contributed by atoms with Gasteiger partial charge in [0.1, 0.15) is 5.75 Å². The van der Waals surface area contributed by atoms with E-state index in [1.54, 1.807) is 0 Å². The summed E-state index contributed by atoms with van der Waals surface area (Å²) >= 11 is 7.95. The molecule has 4 heteroatoms. The molecular formula is C14H22ClNOS.